The zero-order valence-electron chi connectivity index (χ0n) is 14.1. The largest absolute Gasteiger partial charge is 0.350 e. The number of carbonyl (C=O) groups is 2. The van der Waals surface area contributed by atoms with Gasteiger partial charge in [-0.1, -0.05) is 18.2 Å². The van der Waals surface area contributed by atoms with Crippen molar-refractivity contribution in [3.63, 3.8) is 0 Å². The lowest BCUT2D eigenvalue weighted by molar-refractivity contribution is -0.116. The highest BCUT2D eigenvalue weighted by molar-refractivity contribution is 5.95. The van der Waals surface area contributed by atoms with Gasteiger partial charge in [-0.05, 0) is 49.2 Å². The summed E-state index contributed by atoms with van der Waals surface area (Å²) in [6.45, 7) is 6.08. The van der Waals surface area contributed by atoms with Gasteiger partial charge in [0.2, 0.25) is 5.91 Å². The van der Waals surface area contributed by atoms with E-state index in [-0.39, 0.29) is 23.9 Å². The number of nitrogens with one attached hydrogen (secondary N) is 1. The molecule has 0 aliphatic carbocycles. The first-order chi connectivity index (χ1) is 11.4. The van der Waals surface area contributed by atoms with Crippen molar-refractivity contribution >= 4 is 17.5 Å². The van der Waals surface area contributed by atoms with Crippen molar-refractivity contribution in [1.29, 1.82) is 0 Å². The number of benzene rings is 2. The number of amides is 2. The van der Waals surface area contributed by atoms with E-state index in [0.717, 1.165) is 16.8 Å². The Kier molecular flexibility index (Phi) is 5.68. The van der Waals surface area contributed by atoms with Crippen LogP contribution in [0.2, 0.25) is 0 Å². The van der Waals surface area contributed by atoms with Gasteiger partial charge in [-0.3, -0.25) is 9.59 Å². The number of carbonyl (C=O) groups excluding carboxylic acids is 2. The summed E-state index contributed by atoms with van der Waals surface area (Å²) >= 11 is 0. The molecule has 126 valence electrons. The maximum Gasteiger partial charge on any atom is 0.251 e. The number of anilines is 1. The Morgan fingerprint density at radius 2 is 1.83 bits per heavy atom. The number of nitrogens with zero attached hydrogens (tertiary/aromatic N) is 1. The second kappa shape index (κ2) is 7.73. The number of hydrogen-bond acceptors (Lipinski definition) is 2. The molecule has 4 nitrogen and oxygen atoms in total. The Labute approximate surface area is 141 Å². The predicted octanol–water partition coefficient (Wildman–Crippen LogP) is 3.23. The minimum absolute atomic E-state index is 0.0938. The molecule has 2 rings (SSSR count). The minimum atomic E-state index is -0.455. The molecule has 0 bridgehead atoms. The van der Waals surface area contributed by atoms with Gasteiger partial charge in [0.15, 0.2) is 0 Å². The molecule has 2 aromatic rings. The number of hydrogen-bond donors (Lipinski definition) is 1. The van der Waals surface area contributed by atoms with Crippen LogP contribution in [-0.4, -0.2) is 24.9 Å². The zero-order valence-corrected chi connectivity index (χ0v) is 14.1. The summed E-state index contributed by atoms with van der Waals surface area (Å²) < 4.78 is 13.2. The molecule has 0 aliphatic heterocycles. The van der Waals surface area contributed by atoms with E-state index in [2.05, 4.69) is 5.32 Å². The standard InChI is InChI=1S/C19H21FN2O2/c1-13-6-4-9-18(14(13)2)22(15(3)23)11-10-21-19(24)16-7-5-8-17(20)12-16/h4-9,12H,10-11H2,1-3H3,(H,21,24). The Bertz CT molecular complexity index is 759. The second-order valence-electron chi connectivity index (χ2n) is 5.66. The van der Waals surface area contributed by atoms with E-state index in [1.807, 2.05) is 32.0 Å². The maximum atomic E-state index is 13.2. The molecule has 0 unspecified atom stereocenters. The van der Waals surface area contributed by atoms with Crippen molar-refractivity contribution in [3.05, 3.63) is 65.0 Å². The van der Waals surface area contributed by atoms with Gasteiger partial charge >= 0.3 is 0 Å². The molecule has 2 amide bonds. The molecular formula is C19H21FN2O2. The third-order valence-corrected chi connectivity index (χ3v) is 3.95. The lowest BCUT2D eigenvalue weighted by atomic mass is 10.1. The van der Waals surface area contributed by atoms with Gasteiger partial charge in [-0.15, -0.1) is 0 Å². The monoisotopic (exact) mass is 328 g/mol. The third kappa shape index (κ3) is 4.19. The van der Waals surface area contributed by atoms with Crippen LogP contribution in [0.4, 0.5) is 10.1 Å². The fraction of sp³-hybridized carbons (Fsp3) is 0.263. The van der Waals surface area contributed by atoms with Crippen molar-refractivity contribution in [1.82, 2.24) is 5.32 Å². The summed E-state index contributed by atoms with van der Waals surface area (Å²) in [7, 11) is 0. The van der Waals surface area contributed by atoms with Gasteiger partial charge < -0.3 is 10.2 Å². The van der Waals surface area contributed by atoms with Gasteiger partial charge in [0.1, 0.15) is 5.82 Å². The molecular weight excluding hydrogens is 307 g/mol. The lowest BCUT2D eigenvalue weighted by Crippen LogP contribution is -2.38. The summed E-state index contributed by atoms with van der Waals surface area (Å²) in [6, 6.07) is 11.3. The van der Waals surface area contributed by atoms with Gasteiger partial charge in [0.05, 0.1) is 0 Å². The van der Waals surface area contributed by atoms with Crippen LogP contribution in [0, 0.1) is 19.7 Å². The maximum absolute atomic E-state index is 13.2. The molecule has 0 heterocycles. The van der Waals surface area contributed by atoms with Gasteiger partial charge in [-0.25, -0.2) is 4.39 Å². The molecule has 0 saturated carbocycles. The van der Waals surface area contributed by atoms with Gasteiger partial charge in [0, 0.05) is 31.3 Å². The SMILES string of the molecule is CC(=O)N(CCNC(=O)c1cccc(F)c1)c1cccc(C)c1C. The van der Waals surface area contributed by atoms with Crippen LogP contribution in [0.25, 0.3) is 0 Å². The molecule has 2 aromatic carbocycles. The van der Waals surface area contributed by atoms with Crippen LogP contribution in [0.5, 0.6) is 0 Å². The summed E-state index contributed by atoms with van der Waals surface area (Å²) in [4.78, 5) is 25.6. The Morgan fingerprint density at radius 1 is 1.12 bits per heavy atom. The first-order valence-electron chi connectivity index (χ1n) is 7.78. The predicted molar refractivity (Wildman–Crippen MR) is 92.7 cm³/mol. The molecule has 24 heavy (non-hydrogen) atoms. The van der Waals surface area contributed by atoms with Gasteiger partial charge in [-0.2, -0.15) is 0 Å². The molecule has 5 heteroatoms. The minimum Gasteiger partial charge on any atom is -0.350 e. The van der Waals surface area contributed by atoms with Crippen molar-refractivity contribution in [2.24, 2.45) is 0 Å². The highest BCUT2D eigenvalue weighted by atomic mass is 19.1. The second-order valence-corrected chi connectivity index (χ2v) is 5.66. The molecule has 0 saturated heterocycles. The lowest BCUT2D eigenvalue weighted by Gasteiger charge is -2.24. The zero-order chi connectivity index (χ0) is 17.7. The van der Waals surface area contributed by atoms with E-state index in [9.17, 15) is 14.0 Å². The number of aryl methyl sites for hydroxylation is 1. The van der Waals surface area contributed by atoms with Crippen LogP contribution >= 0.6 is 0 Å². The topological polar surface area (TPSA) is 49.4 Å². The number of halogens is 1. The fourth-order valence-electron chi connectivity index (χ4n) is 2.49. The van der Waals surface area contributed by atoms with Crippen LogP contribution in [0.3, 0.4) is 0 Å². The van der Waals surface area contributed by atoms with E-state index in [0.29, 0.717) is 6.54 Å². The van der Waals surface area contributed by atoms with Crippen molar-refractivity contribution < 1.29 is 14.0 Å². The van der Waals surface area contributed by atoms with Crippen LogP contribution in [0.15, 0.2) is 42.5 Å². The first kappa shape index (κ1) is 17.7. The Hall–Kier alpha value is -2.69. The molecule has 0 aromatic heterocycles. The van der Waals surface area contributed by atoms with E-state index in [4.69, 9.17) is 0 Å². The summed E-state index contributed by atoms with van der Waals surface area (Å²) in [5, 5.41) is 2.72. The van der Waals surface area contributed by atoms with Crippen molar-refractivity contribution in [2.45, 2.75) is 20.8 Å². The highest BCUT2D eigenvalue weighted by Gasteiger charge is 2.15. The van der Waals surface area contributed by atoms with E-state index in [1.165, 1.54) is 25.1 Å². The van der Waals surface area contributed by atoms with E-state index >= 15 is 0 Å². The molecule has 0 spiro atoms. The fourth-order valence-corrected chi connectivity index (χ4v) is 2.49. The Balaban J connectivity index is 2.03. The molecule has 1 N–H and O–H groups in total. The summed E-state index contributed by atoms with van der Waals surface area (Å²) in [6.07, 6.45) is 0. The molecule has 0 aliphatic rings. The highest BCUT2D eigenvalue weighted by Crippen LogP contribution is 2.22. The average Bonchev–Trinajstić information content (AvgIpc) is 2.54. The van der Waals surface area contributed by atoms with Crippen LogP contribution < -0.4 is 10.2 Å². The van der Waals surface area contributed by atoms with Gasteiger partial charge in [0.25, 0.3) is 5.91 Å². The van der Waals surface area contributed by atoms with Crippen molar-refractivity contribution in [3.8, 4) is 0 Å². The van der Waals surface area contributed by atoms with Crippen LogP contribution in [-0.2, 0) is 4.79 Å². The van der Waals surface area contributed by atoms with E-state index < -0.39 is 5.82 Å². The Morgan fingerprint density at radius 3 is 2.50 bits per heavy atom. The third-order valence-electron chi connectivity index (χ3n) is 3.95. The quantitative estimate of drug-likeness (QED) is 0.916. The average molecular weight is 328 g/mol. The van der Waals surface area contributed by atoms with Crippen LogP contribution in [0.1, 0.15) is 28.4 Å². The molecule has 0 fully saturated rings. The van der Waals surface area contributed by atoms with E-state index in [1.54, 1.807) is 11.0 Å². The first-order valence-corrected chi connectivity index (χ1v) is 7.78. The van der Waals surface area contributed by atoms with Crippen molar-refractivity contribution in [2.75, 3.05) is 18.0 Å². The normalized spacial score (nSPS) is 10.3. The summed E-state index contributed by atoms with van der Waals surface area (Å²) in [5.74, 6) is -0.911. The molecule has 0 atom stereocenters. The number of rotatable bonds is 5. The summed E-state index contributed by atoms with van der Waals surface area (Å²) in [5.41, 5.74) is 3.23. The smallest absolute Gasteiger partial charge is 0.251 e. The molecule has 0 radical (unpaired) electrons.